The Morgan fingerprint density at radius 2 is 2.00 bits per heavy atom. The molecule has 0 aromatic heterocycles. The number of carboxylic acid groups (broad SMARTS) is 1. The van der Waals surface area contributed by atoms with Crippen LogP contribution in [0.2, 0.25) is 0 Å². The molecule has 0 saturated heterocycles. The molecule has 0 aliphatic heterocycles. The number of nitrogens with zero attached hydrogens (tertiary/aromatic N) is 1. The first-order valence-corrected chi connectivity index (χ1v) is 5.01. The van der Waals surface area contributed by atoms with E-state index >= 15 is 0 Å². The fraction of sp³-hybridized carbons (Fsp3) is 0.800. The zero-order chi connectivity index (χ0) is 12.8. The van der Waals surface area contributed by atoms with Gasteiger partial charge in [0.05, 0.1) is 6.61 Å². The van der Waals surface area contributed by atoms with Gasteiger partial charge in [-0.2, -0.15) is 0 Å². The summed E-state index contributed by atoms with van der Waals surface area (Å²) in [5.74, 6) is -1.04. The minimum atomic E-state index is -1.15. The number of ether oxygens (including phenoxy) is 1. The number of rotatable bonds is 7. The van der Waals surface area contributed by atoms with E-state index < -0.39 is 11.5 Å². The van der Waals surface area contributed by atoms with Crippen molar-refractivity contribution in [2.75, 3.05) is 34.4 Å². The second kappa shape index (κ2) is 6.44. The summed E-state index contributed by atoms with van der Waals surface area (Å²) in [5.41, 5.74) is -1.15. The first-order valence-electron chi connectivity index (χ1n) is 5.01. The molecule has 0 rings (SSSR count). The molecule has 0 aromatic rings. The standard InChI is InChI=1S/C10H20N2O4/c1-10(7-16-4,9(14)15)11-6-5-8(13)12(2)3/h11H,5-7H2,1-4H3,(H,14,15). The number of carbonyl (C=O) groups is 2. The smallest absolute Gasteiger partial charge is 0.326 e. The Hall–Kier alpha value is -1.14. The normalized spacial score (nSPS) is 14.2. The van der Waals surface area contributed by atoms with Crippen LogP contribution in [-0.4, -0.2) is 61.8 Å². The van der Waals surface area contributed by atoms with Crippen molar-refractivity contribution in [3.05, 3.63) is 0 Å². The maximum absolute atomic E-state index is 11.3. The molecule has 0 fully saturated rings. The van der Waals surface area contributed by atoms with Crippen molar-refractivity contribution in [2.24, 2.45) is 0 Å². The van der Waals surface area contributed by atoms with E-state index in [1.807, 2.05) is 0 Å². The lowest BCUT2D eigenvalue weighted by molar-refractivity contribution is -0.146. The first kappa shape index (κ1) is 14.9. The highest BCUT2D eigenvalue weighted by Gasteiger charge is 2.32. The molecule has 1 atom stereocenters. The van der Waals surface area contributed by atoms with Crippen molar-refractivity contribution >= 4 is 11.9 Å². The van der Waals surface area contributed by atoms with E-state index in [0.717, 1.165) is 0 Å². The van der Waals surface area contributed by atoms with E-state index in [9.17, 15) is 9.59 Å². The minimum Gasteiger partial charge on any atom is -0.480 e. The molecular formula is C10H20N2O4. The second-order valence-corrected chi connectivity index (χ2v) is 4.04. The predicted molar refractivity (Wildman–Crippen MR) is 59.2 cm³/mol. The van der Waals surface area contributed by atoms with Crippen molar-refractivity contribution < 1.29 is 19.4 Å². The van der Waals surface area contributed by atoms with E-state index in [0.29, 0.717) is 6.54 Å². The summed E-state index contributed by atoms with van der Waals surface area (Å²) in [7, 11) is 4.76. The van der Waals surface area contributed by atoms with Crippen LogP contribution in [0, 0.1) is 0 Å². The van der Waals surface area contributed by atoms with Crippen molar-refractivity contribution in [2.45, 2.75) is 18.9 Å². The van der Waals surface area contributed by atoms with Gasteiger partial charge in [-0.15, -0.1) is 0 Å². The number of hydrogen-bond donors (Lipinski definition) is 2. The van der Waals surface area contributed by atoms with Crippen LogP contribution in [0.5, 0.6) is 0 Å². The topological polar surface area (TPSA) is 78.9 Å². The molecule has 0 aromatic carbocycles. The Morgan fingerprint density at radius 1 is 1.44 bits per heavy atom. The van der Waals surface area contributed by atoms with Crippen LogP contribution in [0.15, 0.2) is 0 Å². The predicted octanol–water partition coefficient (Wildman–Crippen LogP) is -0.456. The Labute approximate surface area is 95.6 Å². The summed E-state index contributed by atoms with van der Waals surface area (Å²) in [6, 6.07) is 0. The number of hydrogen-bond acceptors (Lipinski definition) is 4. The van der Waals surface area contributed by atoms with E-state index in [4.69, 9.17) is 9.84 Å². The minimum absolute atomic E-state index is 0.0438. The molecule has 0 radical (unpaired) electrons. The van der Waals surface area contributed by atoms with Crippen LogP contribution in [-0.2, 0) is 14.3 Å². The summed E-state index contributed by atoms with van der Waals surface area (Å²) in [5, 5.41) is 11.8. The van der Waals surface area contributed by atoms with E-state index in [2.05, 4.69) is 5.32 Å². The number of methoxy groups -OCH3 is 1. The number of aliphatic carboxylic acids is 1. The highest BCUT2D eigenvalue weighted by Crippen LogP contribution is 2.04. The van der Waals surface area contributed by atoms with E-state index in [-0.39, 0.29) is 18.9 Å². The van der Waals surface area contributed by atoms with Gasteiger partial charge in [0.1, 0.15) is 5.54 Å². The average molecular weight is 232 g/mol. The SMILES string of the molecule is COCC(C)(NCCC(=O)N(C)C)C(=O)O. The van der Waals surface area contributed by atoms with Crippen molar-refractivity contribution in [3.8, 4) is 0 Å². The lowest BCUT2D eigenvalue weighted by Gasteiger charge is -2.25. The van der Waals surface area contributed by atoms with Crippen molar-refractivity contribution in [1.29, 1.82) is 0 Å². The number of amides is 1. The van der Waals surface area contributed by atoms with E-state index in [1.54, 1.807) is 14.1 Å². The summed E-state index contributed by atoms with van der Waals surface area (Å²) in [6.45, 7) is 1.89. The molecule has 16 heavy (non-hydrogen) atoms. The van der Waals surface area contributed by atoms with Crippen LogP contribution >= 0.6 is 0 Å². The van der Waals surface area contributed by atoms with Crippen molar-refractivity contribution in [1.82, 2.24) is 10.2 Å². The van der Waals surface area contributed by atoms with Crippen molar-refractivity contribution in [3.63, 3.8) is 0 Å². The molecule has 6 nitrogen and oxygen atoms in total. The zero-order valence-electron chi connectivity index (χ0n) is 10.2. The van der Waals surface area contributed by atoms with Crippen LogP contribution in [0.25, 0.3) is 0 Å². The van der Waals surface area contributed by atoms with Crippen LogP contribution < -0.4 is 5.32 Å². The summed E-state index contributed by atoms with van der Waals surface area (Å²) < 4.78 is 4.83. The fourth-order valence-electron chi connectivity index (χ4n) is 1.15. The Morgan fingerprint density at radius 3 is 2.38 bits per heavy atom. The van der Waals surface area contributed by atoms with Gasteiger partial charge in [-0.3, -0.25) is 14.9 Å². The van der Waals surface area contributed by atoms with Gasteiger partial charge < -0.3 is 14.7 Å². The third-order valence-electron chi connectivity index (χ3n) is 2.26. The highest BCUT2D eigenvalue weighted by atomic mass is 16.5. The number of carbonyl (C=O) groups excluding carboxylic acids is 1. The maximum atomic E-state index is 11.3. The van der Waals surface area contributed by atoms with Gasteiger partial charge in [0, 0.05) is 34.2 Å². The van der Waals surface area contributed by atoms with Gasteiger partial charge in [0.25, 0.3) is 0 Å². The highest BCUT2D eigenvalue weighted by molar-refractivity contribution is 5.79. The Kier molecular flexibility index (Phi) is 5.98. The quantitative estimate of drug-likeness (QED) is 0.621. The molecule has 0 heterocycles. The van der Waals surface area contributed by atoms with Gasteiger partial charge in [-0.25, -0.2) is 0 Å². The maximum Gasteiger partial charge on any atom is 0.326 e. The fourth-order valence-corrected chi connectivity index (χ4v) is 1.15. The average Bonchev–Trinajstić information content (AvgIpc) is 2.17. The van der Waals surface area contributed by atoms with Gasteiger partial charge in [0.15, 0.2) is 0 Å². The lowest BCUT2D eigenvalue weighted by atomic mass is 10.0. The molecule has 0 bridgehead atoms. The molecule has 0 spiro atoms. The first-order chi connectivity index (χ1) is 7.33. The summed E-state index contributed by atoms with van der Waals surface area (Å²) in [6.07, 6.45) is 0.263. The largest absolute Gasteiger partial charge is 0.480 e. The second-order valence-electron chi connectivity index (χ2n) is 4.04. The van der Waals surface area contributed by atoms with Gasteiger partial charge >= 0.3 is 5.97 Å². The Balaban J connectivity index is 4.14. The van der Waals surface area contributed by atoms with Crippen LogP contribution in [0.4, 0.5) is 0 Å². The number of nitrogens with one attached hydrogen (secondary N) is 1. The van der Waals surface area contributed by atoms with E-state index in [1.165, 1.54) is 18.9 Å². The van der Waals surface area contributed by atoms with Gasteiger partial charge in [0.2, 0.25) is 5.91 Å². The molecule has 94 valence electrons. The Bertz CT molecular complexity index is 255. The monoisotopic (exact) mass is 232 g/mol. The summed E-state index contributed by atoms with van der Waals surface area (Å²) >= 11 is 0. The zero-order valence-corrected chi connectivity index (χ0v) is 10.2. The van der Waals surface area contributed by atoms with Gasteiger partial charge in [-0.1, -0.05) is 0 Å². The molecule has 0 aliphatic rings. The molecular weight excluding hydrogens is 212 g/mol. The third-order valence-corrected chi connectivity index (χ3v) is 2.26. The molecule has 0 aliphatic carbocycles. The molecule has 0 saturated carbocycles. The molecule has 6 heteroatoms. The van der Waals surface area contributed by atoms with Crippen LogP contribution in [0.1, 0.15) is 13.3 Å². The lowest BCUT2D eigenvalue weighted by Crippen LogP contribution is -2.53. The number of carboxylic acids is 1. The van der Waals surface area contributed by atoms with Gasteiger partial charge in [-0.05, 0) is 6.92 Å². The van der Waals surface area contributed by atoms with Crippen LogP contribution in [0.3, 0.4) is 0 Å². The molecule has 1 amide bonds. The molecule has 2 N–H and O–H groups in total. The summed E-state index contributed by atoms with van der Waals surface area (Å²) in [4.78, 5) is 23.7. The third kappa shape index (κ3) is 4.59. The molecule has 1 unspecified atom stereocenters.